The summed E-state index contributed by atoms with van der Waals surface area (Å²) >= 11 is 9.23. The van der Waals surface area contributed by atoms with Gasteiger partial charge in [-0.3, -0.25) is 0 Å². The molecule has 1 N–H and O–H groups in total. The molecule has 6 heteroatoms. The van der Waals surface area contributed by atoms with E-state index in [1.54, 1.807) is 30.3 Å². The Hall–Kier alpha value is -1.72. The molecule has 0 aliphatic heterocycles. The van der Waals surface area contributed by atoms with E-state index in [2.05, 4.69) is 15.9 Å². The first-order valence-corrected chi connectivity index (χ1v) is 7.16. The normalized spacial score (nSPS) is 10.2. The topological polar surface area (TPSA) is 55.8 Å². The molecular formula is C15H12BrClO4. The SMILES string of the molecule is COc1cc(COc2ccc(Cl)cc2Br)ccc1C(=O)O. The lowest BCUT2D eigenvalue weighted by Crippen LogP contribution is -2.03. The Morgan fingerprint density at radius 2 is 2.00 bits per heavy atom. The van der Waals surface area contributed by atoms with Crippen LogP contribution in [0.2, 0.25) is 5.02 Å². The van der Waals surface area contributed by atoms with Gasteiger partial charge in [-0.1, -0.05) is 17.7 Å². The molecule has 110 valence electrons. The average molecular weight is 372 g/mol. The Labute approximate surface area is 135 Å². The lowest BCUT2D eigenvalue weighted by molar-refractivity contribution is 0.0693. The van der Waals surface area contributed by atoms with Crippen molar-refractivity contribution >= 4 is 33.5 Å². The summed E-state index contributed by atoms with van der Waals surface area (Å²) in [6, 6.07) is 10.1. The molecule has 0 saturated heterocycles. The molecule has 0 bridgehead atoms. The Morgan fingerprint density at radius 1 is 1.24 bits per heavy atom. The van der Waals surface area contributed by atoms with Crippen molar-refractivity contribution in [3.63, 3.8) is 0 Å². The number of methoxy groups -OCH3 is 1. The number of carboxylic acids is 1. The lowest BCUT2D eigenvalue weighted by atomic mass is 10.1. The lowest BCUT2D eigenvalue weighted by Gasteiger charge is -2.11. The van der Waals surface area contributed by atoms with Gasteiger partial charge in [0, 0.05) is 5.02 Å². The third-order valence-corrected chi connectivity index (χ3v) is 3.64. The minimum atomic E-state index is -1.03. The van der Waals surface area contributed by atoms with Crippen LogP contribution >= 0.6 is 27.5 Å². The number of hydrogen-bond donors (Lipinski definition) is 1. The van der Waals surface area contributed by atoms with E-state index in [1.807, 2.05) is 0 Å². The first kappa shape index (κ1) is 15.7. The molecule has 0 radical (unpaired) electrons. The molecule has 0 fully saturated rings. The van der Waals surface area contributed by atoms with Crippen LogP contribution in [0.4, 0.5) is 0 Å². The van der Waals surface area contributed by atoms with Crippen molar-refractivity contribution in [2.24, 2.45) is 0 Å². The van der Waals surface area contributed by atoms with Crippen molar-refractivity contribution in [1.29, 1.82) is 0 Å². The van der Waals surface area contributed by atoms with Crippen molar-refractivity contribution in [3.8, 4) is 11.5 Å². The summed E-state index contributed by atoms with van der Waals surface area (Å²) < 4.78 is 11.5. The molecule has 0 saturated carbocycles. The highest BCUT2D eigenvalue weighted by Crippen LogP contribution is 2.29. The molecule has 0 amide bonds. The minimum Gasteiger partial charge on any atom is -0.496 e. The summed E-state index contributed by atoms with van der Waals surface area (Å²) in [5.41, 5.74) is 0.924. The zero-order valence-corrected chi connectivity index (χ0v) is 13.4. The maximum atomic E-state index is 11.0. The first-order chi connectivity index (χ1) is 10.0. The molecule has 2 aromatic carbocycles. The van der Waals surface area contributed by atoms with Gasteiger partial charge >= 0.3 is 5.97 Å². The number of rotatable bonds is 5. The quantitative estimate of drug-likeness (QED) is 0.847. The maximum absolute atomic E-state index is 11.0. The van der Waals surface area contributed by atoms with Crippen LogP contribution in [-0.4, -0.2) is 18.2 Å². The van der Waals surface area contributed by atoms with Gasteiger partial charge in [-0.2, -0.15) is 0 Å². The Kier molecular flexibility index (Phi) is 5.09. The number of benzene rings is 2. The standard InChI is InChI=1S/C15H12BrClO4/c1-20-14-6-9(2-4-11(14)15(18)19)8-21-13-5-3-10(17)7-12(13)16/h2-7H,8H2,1H3,(H,18,19). The Bertz CT molecular complexity index is 673. The monoisotopic (exact) mass is 370 g/mol. The van der Waals surface area contributed by atoms with E-state index in [-0.39, 0.29) is 12.2 Å². The fourth-order valence-electron chi connectivity index (χ4n) is 1.76. The number of carbonyl (C=O) groups is 1. The van der Waals surface area contributed by atoms with Gasteiger partial charge in [0.15, 0.2) is 0 Å². The number of halogens is 2. The minimum absolute atomic E-state index is 0.119. The smallest absolute Gasteiger partial charge is 0.339 e. The highest BCUT2D eigenvalue weighted by molar-refractivity contribution is 9.10. The predicted octanol–water partition coefficient (Wildman–Crippen LogP) is 4.39. The van der Waals surface area contributed by atoms with Gasteiger partial charge in [-0.05, 0) is 51.8 Å². The molecule has 21 heavy (non-hydrogen) atoms. The van der Waals surface area contributed by atoms with Crippen LogP contribution in [0.5, 0.6) is 11.5 Å². The molecule has 0 aromatic heterocycles. The van der Waals surface area contributed by atoms with Gasteiger partial charge in [0.25, 0.3) is 0 Å². The van der Waals surface area contributed by atoms with Crippen molar-refractivity contribution < 1.29 is 19.4 Å². The predicted molar refractivity (Wildman–Crippen MR) is 83.4 cm³/mol. The summed E-state index contributed by atoms with van der Waals surface area (Å²) in [6.07, 6.45) is 0. The maximum Gasteiger partial charge on any atom is 0.339 e. The van der Waals surface area contributed by atoms with Crippen LogP contribution in [0.25, 0.3) is 0 Å². The van der Waals surface area contributed by atoms with Crippen molar-refractivity contribution in [3.05, 3.63) is 57.0 Å². The summed E-state index contributed by atoms with van der Waals surface area (Å²) in [6.45, 7) is 0.288. The number of carboxylic acid groups (broad SMARTS) is 1. The van der Waals surface area contributed by atoms with Crippen LogP contribution in [0.3, 0.4) is 0 Å². The van der Waals surface area contributed by atoms with E-state index in [1.165, 1.54) is 13.2 Å². The fraction of sp³-hybridized carbons (Fsp3) is 0.133. The average Bonchev–Trinajstić information content (AvgIpc) is 2.45. The molecule has 0 atom stereocenters. The van der Waals surface area contributed by atoms with Crippen LogP contribution < -0.4 is 9.47 Å². The number of hydrogen-bond acceptors (Lipinski definition) is 3. The summed E-state index contributed by atoms with van der Waals surface area (Å²) in [4.78, 5) is 11.0. The van der Waals surface area contributed by atoms with E-state index < -0.39 is 5.97 Å². The second kappa shape index (κ2) is 6.83. The van der Waals surface area contributed by atoms with Gasteiger partial charge in [0.1, 0.15) is 23.7 Å². The third kappa shape index (κ3) is 3.89. The zero-order chi connectivity index (χ0) is 15.4. The molecule has 0 aliphatic rings. The fourth-order valence-corrected chi connectivity index (χ4v) is 2.55. The summed E-state index contributed by atoms with van der Waals surface area (Å²) in [7, 11) is 1.43. The van der Waals surface area contributed by atoms with Crippen molar-refractivity contribution in [2.45, 2.75) is 6.61 Å². The molecular weight excluding hydrogens is 360 g/mol. The molecule has 0 heterocycles. The second-order valence-electron chi connectivity index (χ2n) is 4.20. The van der Waals surface area contributed by atoms with Gasteiger partial charge in [-0.15, -0.1) is 0 Å². The highest BCUT2D eigenvalue weighted by Gasteiger charge is 2.11. The largest absolute Gasteiger partial charge is 0.496 e. The van der Waals surface area contributed by atoms with E-state index in [9.17, 15) is 4.79 Å². The van der Waals surface area contributed by atoms with Gasteiger partial charge in [-0.25, -0.2) is 4.79 Å². The van der Waals surface area contributed by atoms with Crippen LogP contribution in [-0.2, 0) is 6.61 Å². The van der Waals surface area contributed by atoms with E-state index in [4.69, 9.17) is 26.2 Å². The van der Waals surface area contributed by atoms with Crippen LogP contribution in [0, 0.1) is 0 Å². The van der Waals surface area contributed by atoms with Crippen molar-refractivity contribution in [2.75, 3.05) is 7.11 Å². The Balaban J connectivity index is 2.15. The van der Waals surface area contributed by atoms with E-state index in [0.29, 0.717) is 16.5 Å². The summed E-state index contributed by atoms with van der Waals surface area (Å²) in [5.74, 6) is -0.0702. The van der Waals surface area contributed by atoms with Gasteiger partial charge in [0.2, 0.25) is 0 Å². The molecule has 0 aliphatic carbocycles. The number of aromatic carboxylic acids is 1. The first-order valence-electron chi connectivity index (χ1n) is 5.99. The van der Waals surface area contributed by atoms with Crippen LogP contribution in [0.1, 0.15) is 15.9 Å². The van der Waals surface area contributed by atoms with Crippen LogP contribution in [0.15, 0.2) is 40.9 Å². The zero-order valence-electron chi connectivity index (χ0n) is 11.1. The second-order valence-corrected chi connectivity index (χ2v) is 5.49. The van der Waals surface area contributed by atoms with Gasteiger partial charge < -0.3 is 14.6 Å². The molecule has 0 unspecified atom stereocenters. The summed E-state index contributed by atoms with van der Waals surface area (Å²) in [5, 5.41) is 9.64. The third-order valence-electron chi connectivity index (χ3n) is 2.78. The molecule has 2 rings (SSSR count). The number of ether oxygens (including phenoxy) is 2. The molecule has 2 aromatic rings. The van der Waals surface area contributed by atoms with E-state index in [0.717, 1.165) is 10.0 Å². The van der Waals surface area contributed by atoms with Crippen molar-refractivity contribution in [1.82, 2.24) is 0 Å². The van der Waals surface area contributed by atoms with Gasteiger partial charge in [0.05, 0.1) is 11.6 Å². The molecule has 4 nitrogen and oxygen atoms in total. The molecule has 0 spiro atoms. The highest BCUT2D eigenvalue weighted by atomic mass is 79.9. The Morgan fingerprint density at radius 3 is 2.62 bits per heavy atom. The van der Waals surface area contributed by atoms with E-state index >= 15 is 0 Å².